The quantitative estimate of drug-likeness (QED) is 0.703. The molecule has 2 rings (SSSR count). The second-order valence-corrected chi connectivity index (χ2v) is 3.76. The van der Waals surface area contributed by atoms with E-state index in [0.29, 0.717) is 5.69 Å². The minimum atomic E-state index is -0.750. The minimum Gasteiger partial charge on any atom is -0.385 e. The molecule has 2 aromatic rings. The SMILES string of the molecule is CC(N)C(O)c1cc2cc(F)ccc2[nH]1. The fraction of sp³-hybridized carbons (Fsp3) is 0.273. The highest BCUT2D eigenvalue weighted by Crippen LogP contribution is 2.22. The molecule has 4 heteroatoms. The molecule has 0 fully saturated rings. The maximum absolute atomic E-state index is 12.9. The van der Waals surface area contributed by atoms with Crippen molar-refractivity contribution in [1.82, 2.24) is 4.98 Å². The van der Waals surface area contributed by atoms with Gasteiger partial charge >= 0.3 is 0 Å². The molecule has 0 aliphatic rings. The molecule has 4 N–H and O–H groups in total. The predicted octanol–water partition coefficient (Wildman–Crippen LogP) is 1.69. The Bertz CT molecular complexity index is 478. The highest BCUT2D eigenvalue weighted by Gasteiger charge is 2.14. The topological polar surface area (TPSA) is 62.0 Å². The molecular weight excluding hydrogens is 195 g/mol. The number of fused-ring (bicyclic) bond motifs is 1. The molecule has 15 heavy (non-hydrogen) atoms. The number of nitrogens with one attached hydrogen (secondary N) is 1. The van der Waals surface area contributed by atoms with Crippen LogP contribution in [-0.2, 0) is 0 Å². The van der Waals surface area contributed by atoms with Gasteiger partial charge in [0.15, 0.2) is 0 Å². The van der Waals surface area contributed by atoms with Crippen molar-refractivity contribution in [2.24, 2.45) is 5.73 Å². The molecule has 3 nitrogen and oxygen atoms in total. The Labute approximate surface area is 86.7 Å². The van der Waals surface area contributed by atoms with Crippen LogP contribution in [0.15, 0.2) is 24.3 Å². The van der Waals surface area contributed by atoms with Gasteiger partial charge in [-0.3, -0.25) is 0 Å². The summed E-state index contributed by atoms with van der Waals surface area (Å²) in [5.74, 6) is -0.289. The Hall–Kier alpha value is -1.39. The average Bonchev–Trinajstić information content (AvgIpc) is 2.58. The number of rotatable bonds is 2. The maximum Gasteiger partial charge on any atom is 0.123 e. The van der Waals surface area contributed by atoms with E-state index in [2.05, 4.69) is 4.98 Å². The zero-order valence-corrected chi connectivity index (χ0v) is 8.37. The number of nitrogens with two attached hydrogens (primary N) is 1. The molecule has 0 saturated carbocycles. The Morgan fingerprint density at radius 3 is 2.80 bits per heavy atom. The summed E-state index contributed by atoms with van der Waals surface area (Å²) in [4.78, 5) is 3.01. The smallest absolute Gasteiger partial charge is 0.123 e. The summed E-state index contributed by atoms with van der Waals surface area (Å²) >= 11 is 0. The van der Waals surface area contributed by atoms with E-state index in [1.807, 2.05) is 0 Å². The third kappa shape index (κ3) is 1.86. The summed E-state index contributed by atoms with van der Waals surface area (Å²) in [6.07, 6.45) is -0.750. The molecule has 0 amide bonds. The zero-order valence-electron chi connectivity index (χ0n) is 8.37. The van der Waals surface area contributed by atoms with Crippen LogP contribution in [0, 0.1) is 5.82 Å². The zero-order chi connectivity index (χ0) is 11.0. The molecular formula is C11H13FN2O. The van der Waals surface area contributed by atoms with Crippen molar-refractivity contribution < 1.29 is 9.50 Å². The van der Waals surface area contributed by atoms with Gasteiger partial charge in [-0.15, -0.1) is 0 Å². The Morgan fingerprint density at radius 2 is 2.13 bits per heavy atom. The van der Waals surface area contributed by atoms with E-state index in [0.717, 1.165) is 10.9 Å². The van der Waals surface area contributed by atoms with Crippen LogP contribution in [0.2, 0.25) is 0 Å². The van der Waals surface area contributed by atoms with Crippen molar-refractivity contribution in [2.75, 3.05) is 0 Å². The van der Waals surface area contributed by atoms with E-state index in [9.17, 15) is 9.50 Å². The van der Waals surface area contributed by atoms with E-state index in [-0.39, 0.29) is 11.9 Å². The first kappa shape index (κ1) is 10.1. The number of aromatic nitrogens is 1. The monoisotopic (exact) mass is 208 g/mol. The van der Waals surface area contributed by atoms with Crippen LogP contribution in [0.5, 0.6) is 0 Å². The van der Waals surface area contributed by atoms with Crippen molar-refractivity contribution in [3.8, 4) is 0 Å². The Morgan fingerprint density at radius 1 is 1.40 bits per heavy atom. The first-order valence-electron chi connectivity index (χ1n) is 4.80. The third-order valence-electron chi connectivity index (χ3n) is 2.42. The van der Waals surface area contributed by atoms with Gasteiger partial charge in [0, 0.05) is 22.6 Å². The number of hydrogen-bond donors (Lipinski definition) is 3. The molecule has 0 saturated heterocycles. The van der Waals surface area contributed by atoms with Crippen LogP contribution in [0.4, 0.5) is 4.39 Å². The van der Waals surface area contributed by atoms with Gasteiger partial charge in [0.1, 0.15) is 11.9 Å². The van der Waals surface area contributed by atoms with Crippen molar-refractivity contribution in [2.45, 2.75) is 19.1 Å². The summed E-state index contributed by atoms with van der Waals surface area (Å²) < 4.78 is 12.9. The standard InChI is InChI=1S/C11H13FN2O/c1-6(13)11(15)10-5-7-4-8(12)2-3-9(7)14-10/h2-6,11,14-15H,13H2,1H3. The second kappa shape index (κ2) is 3.64. The van der Waals surface area contributed by atoms with Gasteiger partial charge in [0.05, 0.1) is 0 Å². The van der Waals surface area contributed by atoms with Gasteiger partial charge in [-0.1, -0.05) is 0 Å². The molecule has 0 spiro atoms. The van der Waals surface area contributed by atoms with Crippen LogP contribution in [-0.4, -0.2) is 16.1 Å². The molecule has 0 radical (unpaired) electrons. The molecule has 1 aromatic carbocycles. The Kier molecular flexibility index (Phi) is 2.46. The van der Waals surface area contributed by atoms with Crippen LogP contribution < -0.4 is 5.73 Å². The summed E-state index contributed by atoms with van der Waals surface area (Å²) in [5.41, 5.74) is 6.99. The van der Waals surface area contributed by atoms with Crippen LogP contribution >= 0.6 is 0 Å². The summed E-state index contributed by atoms with van der Waals surface area (Å²) in [7, 11) is 0. The minimum absolute atomic E-state index is 0.289. The van der Waals surface area contributed by atoms with Gasteiger partial charge in [-0.25, -0.2) is 4.39 Å². The highest BCUT2D eigenvalue weighted by atomic mass is 19.1. The lowest BCUT2D eigenvalue weighted by Crippen LogP contribution is -2.24. The van der Waals surface area contributed by atoms with E-state index in [1.165, 1.54) is 12.1 Å². The molecule has 0 bridgehead atoms. The van der Waals surface area contributed by atoms with Crippen molar-refractivity contribution in [1.29, 1.82) is 0 Å². The van der Waals surface area contributed by atoms with E-state index in [4.69, 9.17) is 5.73 Å². The van der Waals surface area contributed by atoms with Crippen molar-refractivity contribution >= 4 is 10.9 Å². The summed E-state index contributed by atoms with van der Waals surface area (Å²) in [5, 5.41) is 10.5. The van der Waals surface area contributed by atoms with Gasteiger partial charge in [-0.05, 0) is 31.2 Å². The molecule has 2 unspecified atom stereocenters. The molecule has 0 aliphatic carbocycles. The maximum atomic E-state index is 12.9. The number of H-pyrrole nitrogens is 1. The summed E-state index contributed by atoms with van der Waals surface area (Å²) in [6, 6.07) is 5.79. The lowest BCUT2D eigenvalue weighted by molar-refractivity contribution is 0.149. The third-order valence-corrected chi connectivity index (χ3v) is 2.42. The van der Waals surface area contributed by atoms with Gasteiger partial charge in [0.25, 0.3) is 0 Å². The number of benzene rings is 1. The average molecular weight is 208 g/mol. The number of aromatic amines is 1. The first-order chi connectivity index (χ1) is 7.08. The fourth-order valence-corrected chi connectivity index (χ4v) is 1.57. The second-order valence-electron chi connectivity index (χ2n) is 3.76. The van der Waals surface area contributed by atoms with Crippen LogP contribution in [0.1, 0.15) is 18.7 Å². The lowest BCUT2D eigenvalue weighted by Gasteiger charge is -2.11. The number of aliphatic hydroxyl groups excluding tert-OH is 1. The molecule has 0 aliphatic heterocycles. The number of halogens is 1. The molecule has 2 atom stereocenters. The fourth-order valence-electron chi connectivity index (χ4n) is 1.57. The highest BCUT2D eigenvalue weighted by molar-refractivity contribution is 5.80. The number of hydrogen-bond acceptors (Lipinski definition) is 2. The van der Waals surface area contributed by atoms with E-state index in [1.54, 1.807) is 19.1 Å². The van der Waals surface area contributed by atoms with Gasteiger partial charge in [0.2, 0.25) is 0 Å². The molecule has 1 aromatic heterocycles. The predicted molar refractivity (Wildman–Crippen MR) is 56.9 cm³/mol. The van der Waals surface area contributed by atoms with Gasteiger partial charge in [-0.2, -0.15) is 0 Å². The van der Waals surface area contributed by atoms with Crippen molar-refractivity contribution in [3.63, 3.8) is 0 Å². The lowest BCUT2D eigenvalue weighted by atomic mass is 10.1. The molecule has 80 valence electrons. The molecule has 1 heterocycles. The van der Waals surface area contributed by atoms with Crippen LogP contribution in [0.3, 0.4) is 0 Å². The largest absolute Gasteiger partial charge is 0.385 e. The van der Waals surface area contributed by atoms with E-state index < -0.39 is 6.10 Å². The van der Waals surface area contributed by atoms with Gasteiger partial charge < -0.3 is 15.8 Å². The van der Waals surface area contributed by atoms with Crippen LogP contribution in [0.25, 0.3) is 10.9 Å². The summed E-state index contributed by atoms with van der Waals surface area (Å²) in [6.45, 7) is 1.72. The van der Waals surface area contributed by atoms with E-state index >= 15 is 0 Å². The Balaban J connectivity index is 2.47. The first-order valence-corrected chi connectivity index (χ1v) is 4.80. The number of aliphatic hydroxyl groups is 1. The van der Waals surface area contributed by atoms with Crippen molar-refractivity contribution in [3.05, 3.63) is 35.8 Å². The normalized spacial score (nSPS) is 15.5.